The second kappa shape index (κ2) is 15.9. The molecule has 0 radical (unpaired) electrons. The zero-order valence-corrected chi connectivity index (χ0v) is 34.5. The molecule has 10 aromatic rings. The molecule has 0 amide bonds. The van der Waals surface area contributed by atoms with Crippen molar-refractivity contribution < 1.29 is 0 Å². The normalized spacial score (nSPS) is 13.3. The minimum absolute atomic E-state index is 0.910. The summed E-state index contributed by atoms with van der Waals surface area (Å²) in [6.45, 7) is 2.18. The highest BCUT2D eigenvalue weighted by Crippen LogP contribution is 2.38. The maximum absolute atomic E-state index is 5.21. The van der Waals surface area contributed by atoms with Crippen molar-refractivity contribution in [1.82, 2.24) is 9.55 Å². The largest absolute Gasteiger partial charge is 0.309 e. The van der Waals surface area contributed by atoms with Gasteiger partial charge in [-0.2, -0.15) is 0 Å². The zero-order chi connectivity index (χ0) is 41.4. The van der Waals surface area contributed by atoms with Crippen molar-refractivity contribution in [3.05, 3.63) is 235 Å². The number of para-hydroxylation sites is 3. The SMILES string of the molecule is C/C(=C\C(=Nc1ccccc1)c1ccc(-c2ccc3c(ccc4nc(C5=CCCC=C5)cc(-c5ccccc5)c43)c2)cc1)c1cccc(-n2c3ccccc3c3ccccc32)c1. The first-order valence-corrected chi connectivity index (χ1v) is 21.5. The molecule has 62 heavy (non-hydrogen) atoms. The highest BCUT2D eigenvalue weighted by molar-refractivity contribution is 6.15. The first-order valence-electron chi connectivity index (χ1n) is 21.5. The van der Waals surface area contributed by atoms with Crippen LogP contribution in [-0.4, -0.2) is 15.3 Å². The van der Waals surface area contributed by atoms with Gasteiger partial charge in [-0.1, -0.05) is 158 Å². The van der Waals surface area contributed by atoms with Gasteiger partial charge in [0.15, 0.2) is 0 Å². The van der Waals surface area contributed by atoms with Crippen molar-refractivity contribution in [2.75, 3.05) is 0 Å². The second-order valence-electron chi connectivity index (χ2n) is 16.1. The van der Waals surface area contributed by atoms with Crippen LogP contribution >= 0.6 is 0 Å². The Hall–Kier alpha value is -7.88. The molecule has 2 heterocycles. The molecule has 11 rings (SSSR count). The molecule has 0 N–H and O–H groups in total. The smallest absolute Gasteiger partial charge is 0.0722 e. The highest BCUT2D eigenvalue weighted by Gasteiger charge is 2.16. The third kappa shape index (κ3) is 6.94. The maximum atomic E-state index is 5.21. The van der Waals surface area contributed by atoms with Crippen LogP contribution in [0.25, 0.3) is 82.6 Å². The van der Waals surface area contributed by atoms with E-state index >= 15 is 0 Å². The first-order chi connectivity index (χ1) is 30.6. The Labute approximate surface area is 362 Å². The van der Waals surface area contributed by atoms with Crippen LogP contribution in [0.5, 0.6) is 0 Å². The quantitative estimate of drug-likeness (QED) is 0.111. The van der Waals surface area contributed by atoms with Crippen LogP contribution in [0.2, 0.25) is 0 Å². The number of benzene rings is 8. The number of nitrogens with zero attached hydrogens (tertiary/aromatic N) is 3. The number of allylic oxidation sites excluding steroid dienone is 6. The maximum Gasteiger partial charge on any atom is 0.0722 e. The molecule has 0 aliphatic heterocycles. The van der Waals surface area contributed by atoms with Gasteiger partial charge in [-0.3, -0.25) is 0 Å². The van der Waals surface area contributed by atoms with Gasteiger partial charge in [-0.15, -0.1) is 0 Å². The predicted molar refractivity (Wildman–Crippen MR) is 264 cm³/mol. The summed E-state index contributed by atoms with van der Waals surface area (Å²) in [4.78, 5) is 10.4. The van der Waals surface area contributed by atoms with Gasteiger partial charge in [0.1, 0.15) is 0 Å². The van der Waals surface area contributed by atoms with Crippen LogP contribution in [0, 0.1) is 0 Å². The van der Waals surface area contributed by atoms with E-state index in [1.807, 2.05) is 18.2 Å². The fourth-order valence-electron chi connectivity index (χ4n) is 9.08. The minimum Gasteiger partial charge on any atom is -0.309 e. The molecule has 8 aromatic carbocycles. The van der Waals surface area contributed by atoms with Crippen LogP contribution in [0.4, 0.5) is 5.69 Å². The third-order valence-electron chi connectivity index (χ3n) is 12.2. The molecule has 0 atom stereocenters. The number of pyridine rings is 1. The Morgan fingerprint density at radius 1 is 0.565 bits per heavy atom. The van der Waals surface area contributed by atoms with Crippen LogP contribution in [0.1, 0.15) is 36.6 Å². The average Bonchev–Trinajstić information content (AvgIpc) is 3.68. The summed E-state index contributed by atoms with van der Waals surface area (Å²) in [7, 11) is 0. The molecule has 0 spiro atoms. The lowest BCUT2D eigenvalue weighted by molar-refractivity contribution is 1.04. The topological polar surface area (TPSA) is 30.2 Å². The van der Waals surface area contributed by atoms with E-state index in [0.717, 1.165) is 63.4 Å². The summed E-state index contributed by atoms with van der Waals surface area (Å²) >= 11 is 0. The summed E-state index contributed by atoms with van der Waals surface area (Å²) in [6.07, 6.45) is 11.1. The van der Waals surface area contributed by atoms with Gasteiger partial charge in [0.25, 0.3) is 0 Å². The van der Waals surface area contributed by atoms with Crippen LogP contribution in [-0.2, 0) is 0 Å². The summed E-state index contributed by atoms with van der Waals surface area (Å²) in [5.41, 5.74) is 16.7. The lowest BCUT2D eigenvalue weighted by Gasteiger charge is -2.15. The molecule has 294 valence electrons. The molecule has 2 aromatic heterocycles. The van der Waals surface area contributed by atoms with E-state index < -0.39 is 0 Å². The Morgan fingerprint density at radius 2 is 1.27 bits per heavy atom. The lowest BCUT2D eigenvalue weighted by Crippen LogP contribution is -1.99. The van der Waals surface area contributed by atoms with E-state index in [9.17, 15) is 0 Å². The molecule has 0 fully saturated rings. The van der Waals surface area contributed by atoms with E-state index in [1.165, 1.54) is 60.2 Å². The van der Waals surface area contributed by atoms with Gasteiger partial charge in [0, 0.05) is 27.4 Å². The first kappa shape index (κ1) is 37.1. The van der Waals surface area contributed by atoms with Crippen LogP contribution in [0.3, 0.4) is 0 Å². The summed E-state index contributed by atoms with van der Waals surface area (Å²) < 4.78 is 2.37. The van der Waals surface area contributed by atoms with Crippen molar-refractivity contribution in [2.24, 2.45) is 4.99 Å². The van der Waals surface area contributed by atoms with Gasteiger partial charge in [0.2, 0.25) is 0 Å². The monoisotopic (exact) mass is 793 g/mol. The number of rotatable bonds is 8. The summed E-state index contributed by atoms with van der Waals surface area (Å²) in [6, 6.07) is 69.5. The highest BCUT2D eigenvalue weighted by atomic mass is 15.0. The standard InChI is InChI=1S/C59H43N3/c1-40(45-20-15-23-49(38-45)62-57-26-13-11-24-51(57)52-25-12-14-27-58(52)62)36-55(60-48-21-9-4-10-22-48)44-30-28-41(29-31-44)46-32-34-50-47(37-46)33-35-54-59(50)53(42-16-5-2-6-17-42)39-56(61-54)43-18-7-3-8-19-43/h2,4-7,9-39H,3,8H2,1H3/b40-36+,60-55?. The fraction of sp³-hybridized carbons (Fsp3) is 0.0508. The van der Waals surface area contributed by atoms with E-state index in [0.29, 0.717) is 0 Å². The molecule has 3 nitrogen and oxygen atoms in total. The number of hydrogen-bond donors (Lipinski definition) is 0. The van der Waals surface area contributed by atoms with Crippen molar-refractivity contribution in [3.8, 4) is 27.9 Å². The molecule has 1 aliphatic carbocycles. The number of hydrogen-bond acceptors (Lipinski definition) is 2. The Balaban J connectivity index is 0.955. The number of fused-ring (bicyclic) bond motifs is 6. The molecular formula is C59H43N3. The van der Waals surface area contributed by atoms with Crippen LogP contribution < -0.4 is 0 Å². The van der Waals surface area contributed by atoms with Crippen molar-refractivity contribution in [3.63, 3.8) is 0 Å². The van der Waals surface area contributed by atoms with E-state index in [-0.39, 0.29) is 0 Å². The van der Waals surface area contributed by atoms with Gasteiger partial charge in [0.05, 0.1) is 33.6 Å². The fourth-order valence-corrected chi connectivity index (χ4v) is 9.08. The van der Waals surface area contributed by atoms with E-state index in [2.05, 4.69) is 212 Å². The van der Waals surface area contributed by atoms with Gasteiger partial charge >= 0.3 is 0 Å². The number of aliphatic imine (C=N–C) groups is 1. The Kier molecular flexibility index (Phi) is 9.55. The predicted octanol–water partition coefficient (Wildman–Crippen LogP) is 15.8. The van der Waals surface area contributed by atoms with E-state index in [4.69, 9.17) is 9.98 Å². The number of aromatic nitrogens is 2. The van der Waals surface area contributed by atoms with Crippen LogP contribution in [0.15, 0.2) is 223 Å². The molecule has 1 aliphatic rings. The molecule has 0 saturated carbocycles. The average molecular weight is 794 g/mol. The zero-order valence-electron chi connectivity index (χ0n) is 34.5. The Bertz CT molecular complexity index is 3380. The molecule has 0 saturated heterocycles. The second-order valence-corrected chi connectivity index (χ2v) is 16.1. The van der Waals surface area contributed by atoms with Gasteiger partial charge in [-0.25, -0.2) is 9.98 Å². The van der Waals surface area contributed by atoms with Gasteiger partial charge in [-0.05, 0) is 130 Å². The summed E-state index contributed by atoms with van der Waals surface area (Å²) in [5.74, 6) is 0. The van der Waals surface area contributed by atoms with Gasteiger partial charge < -0.3 is 4.57 Å². The lowest BCUT2D eigenvalue weighted by atomic mass is 9.92. The summed E-state index contributed by atoms with van der Waals surface area (Å²) in [5, 5.41) is 6.09. The molecule has 0 unspecified atom stereocenters. The minimum atomic E-state index is 0.910. The van der Waals surface area contributed by atoms with Crippen molar-refractivity contribution in [2.45, 2.75) is 19.8 Å². The van der Waals surface area contributed by atoms with Crippen molar-refractivity contribution >= 4 is 66.0 Å². The molecule has 3 heteroatoms. The Morgan fingerprint density at radius 3 is 2.02 bits per heavy atom. The molecular weight excluding hydrogens is 751 g/mol. The third-order valence-corrected chi connectivity index (χ3v) is 12.2. The van der Waals surface area contributed by atoms with Crippen molar-refractivity contribution in [1.29, 1.82) is 0 Å². The molecule has 0 bridgehead atoms. The van der Waals surface area contributed by atoms with E-state index in [1.54, 1.807) is 0 Å².